The maximum atomic E-state index is 11.3. The van der Waals surface area contributed by atoms with Crippen molar-refractivity contribution in [1.29, 1.82) is 0 Å². The second kappa shape index (κ2) is 12.3. The Bertz CT molecular complexity index is 748. The van der Waals surface area contributed by atoms with Crippen LogP contribution in [0.3, 0.4) is 0 Å². The van der Waals surface area contributed by atoms with Gasteiger partial charge in [-0.1, -0.05) is 36.4 Å². The van der Waals surface area contributed by atoms with Crippen LogP contribution in [0.25, 0.3) is 5.73 Å². The molecule has 7 heteroatoms. The van der Waals surface area contributed by atoms with Crippen LogP contribution in [0.4, 0.5) is 0 Å². The van der Waals surface area contributed by atoms with E-state index in [4.69, 9.17) is 15.2 Å². The molecule has 1 N–H and O–H groups in total. The fourth-order valence-corrected chi connectivity index (χ4v) is 2.42. The first-order valence-corrected chi connectivity index (χ1v) is 8.76. The Morgan fingerprint density at radius 2 is 1.68 bits per heavy atom. The molecular weight excluding hydrogens is 362 g/mol. The van der Waals surface area contributed by atoms with E-state index in [1.807, 2.05) is 18.2 Å². The van der Waals surface area contributed by atoms with Crippen LogP contribution in [0, 0.1) is 0 Å². The first-order chi connectivity index (χ1) is 13.5. The van der Waals surface area contributed by atoms with Gasteiger partial charge in [-0.15, -0.1) is 6.54 Å². The Hall–Kier alpha value is -3.06. The van der Waals surface area contributed by atoms with E-state index in [-0.39, 0.29) is 6.61 Å². The van der Waals surface area contributed by atoms with E-state index >= 15 is 0 Å². The van der Waals surface area contributed by atoms with Crippen molar-refractivity contribution in [2.24, 2.45) is 0 Å². The van der Waals surface area contributed by atoms with Crippen LogP contribution in [0.2, 0.25) is 0 Å². The normalized spacial score (nSPS) is 10.9. The van der Waals surface area contributed by atoms with Gasteiger partial charge in [-0.3, -0.25) is 4.79 Å². The summed E-state index contributed by atoms with van der Waals surface area (Å²) in [6.07, 6.45) is 0.750. The average Bonchev–Trinajstić information content (AvgIpc) is 2.69. The number of benzene rings is 2. The molecule has 0 aliphatic heterocycles. The number of methoxy groups -OCH3 is 2. The third kappa shape index (κ3) is 6.92. The monoisotopic (exact) mass is 387 g/mol. The molecule has 0 aliphatic carbocycles. The minimum atomic E-state index is -1.44. The topological polar surface area (TPSA) is 109 Å². The summed E-state index contributed by atoms with van der Waals surface area (Å²) in [5.41, 5.74) is 8.57. The van der Waals surface area contributed by atoms with Gasteiger partial charge in [0.2, 0.25) is 0 Å². The van der Waals surface area contributed by atoms with Crippen molar-refractivity contribution in [3.8, 4) is 11.5 Å². The summed E-state index contributed by atoms with van der Waals surface area (Å²) < 4.78 is 14.9. The summed E-state index contributed by atoms with van der Waals surface area (Å²) in [7, 11) is 3.23. The first kappa shape index (κ1) is 23.0. The number of rotatable bonds is 8. The number of hydrogen-bond donors (Lipinski definition) is 0. The zero-order valence-electron chi connectivity index (χ0n) is 16.3. The highest BCUT2D eigenvalue weighted by molar-refractivity contribution is 5.98. The van der Waals surface area contributed by atoms with Crippen LogP contribution in [-0.4, -0.2) is 39.3 Å². The summed E-state index contributed by atoms with van der Waals surface area (Å²) in [6.45, 7) is 2.17. The first-order valence-electron chi connectivity index (χ1n) is 8.76. The highest BCUT2D eigenvalue weighted by atomic mass is 16.5. The smallest absolute Gasteiger partial charge is 0.319 e. The molecule has 0 amide bonds. The molecule has 0 radical (unpaired) electrons. The third-order valence-electron chi connectivity index (χ3n) is 3.75. The average molecular weight is 387 g/mol. The number of nitrogens with one attached hydrogen (secondary N) is 1. The van der Waals surface area contributed by atoms with Crippen LogP contribution in [0.5, 0.6) is 11.5 Å². The molecule has 1 unspecified atom stereocenters. The molecule has 2 aromatic rings. The predicted octanol–water partition coefficient (Wildman–Crippen LogP) is 2.38. The number of hydrogen-bond acceptors (Lipinski definition) is 6. The molecule has 0 aromatic heterocycles. The molecule has 0 aliphatic rings. The molecule has 0 saturated carbocycles. The van der Waals surface area contributed by atoms with Crippen molar-refractivity contribution in [3.05, 3.63) is 65.4 Å². The molecule has 2 aromatic carbocycles. The lowest BCUT2D eigenvalue weighted by Crippen LogP contribution is -2.35. The molecule has 1 atom stereocenters. The summed E-state index contributed by atoms with van der Waals surface area (Å²) in [4.78, 5) is 22.1. The predicted molar refractivity (Wildman–Crippen MR) is 103 cm³/mol. The number of esters is 1. The van der Waals surface area contributed by atoms with E-state index < -0.39 is 17.9 Å². The Labute approximate surface area is 165 Å². The lowest BCUT2D eigenvalue weighted by Gasteiger charge is -2.16. The summed E-state index contributed by atoms with van der Waals surface area (Å²) in [5.74, 6) is -2.11. The van der Waals surface area contributed by atoms with E-state index in [2.05, 4.69) is 4.74 Å². The van der Waals surface area contributed by atoms with Crippen molar-refractivity contribution < 1.29 is 28.9 Å². The number of aliphatic carboxylic acids is 1. The SMILES string of the molecule is CCOC(=O)C(C(=O)[O-])c1ccccc1.COc1ccc(CC[NH-])cc1OC. The van der Waals surface area contributed by atoms with Crippen molar-refractivity contribution in [3.63, 3.8) is 0 Å². The van der Waals surface area contributed by atoms with Gasteiger partial charge in [0.25, 0.3) is 0 Å². The minimum Gasteiger partial charge on any atom is -0.677 e. The number of carboxylic acid groups (broad SMARTS) is 1. The summed E-state index contributed by atoms with van der Waals surface area (Å²) >= 11 is 0. The standard InChI is InChI=1S/C11H12O4.C10H14NO2/c1-2-15-11(14)9(10(12)13)8-6-4-3-5-7-8;1-12-9-4-3-8(5-6-11)7-10(9)13-2/h3-7,9H,2H2,1H3,(H,12,13);3-4,7,11H,5-6H2,1-2H3/q;-1/p-1. The van der Waals surface area contributed by atoms with Crippen molar-refractivity contribution in [1.82, 2.24) is 0 Å². The molecule has 0 saturated heterocycles. The molecule has 0 spiro atoms. The molecule has 152 valence electrons. The number of ether oxygens (including phenoxy) is 3. The van der Waals surface area contributed by atoms with Crippen molar-refractivity contribution >= 4 is 11.9 Å². The van der Waals surface area contributed by atoms with Crippen molar-refractivity contribution in [2.75, 3.05) is 27.4 Å². The molecule has 7 nitrogen and oxygen atoms in total. The molecule has 2 rings (SSSR count). The Morgan fingerprint density at radius 1 is 1.04 bits per heavy atom. The van der Waals surface area contributed by atoms with Crippen LogP contribution in [-0.2, 0) is 20.7 Å². The van der Waals surface area contributed by atoms with Crippen LogP contribution in [0.15, 0.2) is 48.5 Å². The summed E-state index contributed by atoms with van der Waals surface area (Å²) in [6, 6.07) is 13.9. The Balaban J connectivity index is 0.000000283. The zero-order valence-corrected chi connectivity index (χ0v) is 16.3. The second-order valence-electron chi connectivity index (χ2n) is 5.60. The number of carbonyl (C=O) groups is 2. The van der Waals surface area contributed by atoms with Gasteiger partial charge in [-0.05, 0) is 36.6 Å². The highest BCUT2D eigenvalue weighted by Gasteiger charge is 2.22. The highest BCUT2D eigenvalue weighted by Crippen LogP contribution is 2.27. The van der Waals surface area contributed by atoms with Gasteiger partial charge in [-0.25, -0.2) is 0 Å². The molecule has 0 bridgehead atoms. The van der Waals surface area contributed by atoms with Gasteiger partial charge >= 0.3 is 5.97 Å². The van der Waals surface area contributed by atoms with Crippen LogP contribution in [0.1, 0.15) is 24.0 Å². The third-order valence-corrected chi connectivity index (χ3v) is 3.75. The fourth-order valence-electron chi connectivity index (χ4n) is 2.42. The molecule has 28 heavy (non-hydrogen) atoms. The Kier molecular flexibility index (Phi) is 10.1. The van der Waals surface area contributed by atoms with Gasteiger partial charge in [0, 0.05) is 0 Å². The second-order valence-corrected chi connectivity index (χ2v) is 5.60. The van der Waals surface area contributed by atoms with E-state index in [0.717, 1.165) is 23.5 Å². The van der Waals surface area contributed by atoms with E-state index in [9.17, 15) is 14.7 Å². The van der Waals surface area contributed by atoms with Gasteiger partial charge in [-0.2, -0.15) is 0 Å². The molecule has 0 fully saturated rings. The van der Waals surface area contributed by atoms with E-state index in [1.54, 1.807) is 51.5 Å². The molecular formula is C21H25NO6-2. The van der Waals surface area contributed by atoms with Gasteiger partial charge in [0.1, 0.15) is 5.92 Å². The van der Waals surface area contributed by atoms with Gasteiger partial charge in [0.05, 0.1) is 26.8 Å². The maximum absolute atomic E-state index is 11.3. The number of carbonyl (C=O) groups excluding carboxylic acids is 2. The van der Waals surface area contributed by atoms with Crippen LogP contribution >= 0.6 is 0 Å². The molecule has 0 heterocycles. The maximum Gasteiger partial charge on any atom is 0.319 e. The minimum absolute atomic E-state index is 0.148. The summed E-state index contributed by atoms with van der Waals surface area (Å²) in [5, 5.41) is 10.8. The van der Waals surface area contributed by atoms with E-state index in [0.29, 0.717) is 12.1 Å². The van der Waals surface area contributed by atoms with Gasteiger partial charge in [0.15, 0.2) is 11.5 Å². The lowest BCUT2D eigenvalue weighted by atomic mass is 10.00. The Morgan fingerprint density at radius 3 is 2.18 bits per heavy atom. The van der Waals surface area contributed by atoms with Gasteiger partial charge < -0.3 is 29.8 Å². The lowest BCUT2D eigenvalue weighted by molar-refractivity contribution is -0.307. The largest absolute Gasteiger partial charge is 0.677 e. The fraction of sp³-hybridized carbons (Fsp3) is 0.333. The number of carboxylic acids is 1. The quantitative estimate of drug-likeness (QED) is 0.508. The zero-order chi connectivity index (χ0) is 20.9. The van der Waals surface area contributed by atoms with Crippen molar-refractivity contribution in [2.45, 2.75) is 19.3 Å². The van der Waals surface area contributed by atoms with Crippen LogP contribution < -0.4 is 14.6 Å². The van der Waals surface area contributed by atoms with E-state index in [1.165, 1.54) is 0 Å².